The molecule has 11 heteroatoms. The number of hydrogen-bond donors (Lipinski definition) is 3. The van der Waals surface area contributed by atoms with Crippen LogP contribution in [0.15, 0.2) is 36.0 Å². The van der Waals surface area contributed by atoms with Gasteiger partial charge in [-0.3, -0.25) is 9.59 Å². The summed E-state index contributed by atoms with van der Waals surface area (Å²) in [6.45, 7) is 9.61. The number of carbonyl (C=O) groups excluding carboxylic acids is 2. The second-order valence-corrected chi connectivity index (χ2v) is 12.6. The number of epoxide rings is 1. The number of carbonyl (C=O) groups is 3. The van der Waals surface area contributed by atoms with Crippen LogP contribution in [0.3, 0.4) is 0 Å². The average molecular weight is 605 g/mol. The lowest BCUT2D eigenvalue weighted by molar-refractivity contribution is -0.155. The molecule has 0 aromatic rings. The SMILES string of the molecule is CC(/C=C/[C@H]1O[C@H](CC(=O)O)C[C@@]2(CO2)[C@@H]1O)=C\C[C@@H]1O[C@H](C)[C@H](NC(=O)/C=C\[C@H](C)OC(=O)N2CCCCC2)C[C@@H]1C. The van der Waals surface area contributed by atoms with E-state index in [-0.39, 0.29) is 42.6 Å². The first-order valence-corrected chi connectivity index (χ1v) is 15.6. The first kappa shape index (κ1) is 33.2. The number of allylic oxidation sites excluding steroid dienone is 2. The third kappa shape index (κ3) is 9.38. The fraction of sp³-hybridized carbons (Fsp3) is 0.719. The normalized spacial score (nSPS) is 35.7. The van der Waals surface area contributed by atoms with Crippen molar-refractivity contribution in [2.24, 2.45) is 5.92 Å². The van der Waals surface area contributed by atoms with Crippen LogP contribution in [0.2, 0.25) is 0 Å². The van der Waals surface area contributed by atoms with Crippen LogP contribution < -0.4 is 5.32 Å². The number of ether oxygens (including phenoxy) is 4. The molecule has 0 aliphatic carbocycles. The summed E-state index contributed by atoms with van der Waals surface area (Å²) < 4.78 is 23.1. The first-order valence-electron chi connectivity index (χ1n) is 15.6. The summed E-state index contributed by atoms with van der Waals surface area (Å²) in [6, 6.07) is -0.139. The van der Waals surface area contributed by atoms with Crippen LogP contribution in [-0.4, -0.2) is 101 Å². The van der Waals surface area contributed by atoms with Crippen molar-refractivity contribution >= 4 is 18.0 Å². The van der Waals surface area contributed by atoms with Crippen molar-refractivity contribution in [2.75, 3.05) is 19.7 Å². The zero-order chi connectivity index (χ0) is 31.1. The minimum Gasteiger partial charge on any atom is -0.481 e. The van der Waals surface area contributed by atoms with Gasteiger partial charge in [0.05, 0.1) is 37.4 Å². The zero-order valence-corrected chi connectivity index (χ0v) is 25.8. The van der Waals surface area contributed by atoms with E-state index >= 15 is 0 Å². The first-order chi connectivity index (χ1) is 20.5. The maximum Gasteiger partial charge on any atom is 0.410 e. The summed E-state index contributed by atoms with van der Waals surface area (Å²) in [5.74, 6) is -0.982. The minimum atomic E-state index is -0.939. The van der Waals surface area contributed by atoms with Crippen LogP contribution in [0.4, 0.5) is 4.79 Å². The van der Waals surface area contributed by atoms with Crippen molar-refractivity contribution in [3.63, 3.8) is 0 Å². The second kappa shape index (κ2) is 14.8. The number of nitrogens with one attached hydrogen (secondary N) is 1. The Balaban J connectivity index is 1.21. The molecule has 0 radical (unpaired) electrons. The highest BCUT2D eigenvalue weighted by molar-refractivity contribution is 5.87. The van der Waals surface area contributed by atoms with E-state index in [0.29, 0.717) is 32.5 Å². The predicted octanol–water partition coefficient (Wildman–Crippen LogP) is 3.51. The molecule has 4 rings (SSSR count). The topological polar surface area (TPSA) is 147 Å². The van der Waals surface area contributed by atoms with Gasteiger partial charge in [-0.15, -0.1) is 0 Å². The molecule has 4 saturated heterocycles. The van der Waals surface area contributed by atoms with Crippen molar-refractivity contribution in [2.45, 2.75) is 121 Å². The highest BCUT2D eigenvalue weighted by Crippen LogP contribution is 2.43. The monoisotopic (exact) mass is 604 g/mol. The van der Waals surface area contributed by atoms with Gasteiger partial charge in [0, 0.05) is 25.6 Å². The van der Waals surface area contributed by atoms with Crippen molar-refractivity contribution in [3.05, 3.63) is 36.0 Å². The largest absolute Gasteiger partial charge is 0.481 e. The van der Waals surface area contributed by atoms with Gasteiger partial charge in [-0.1, -0.05) is 30.7 Å². The summed E-state index contributed by atoms with van der Waals surface area (Å²) in [7, 11) is 0. The molecule has 0 saturated carbocycles. The highest BCUT2D eigenvalue weighted by Gasteiger charge is 2.58. The number of likely N-dealkylation sites (tertiary alicyclic amines) is 1. The lowest BCUT2D eigenvalue weighted by Gasteiger charge is -2.39. The Morgan fingerprint density at radius 2 is 1.86 bits per heavy atom. The zero-order valence-electron chi connectivity index (χ0n) is 25.8. The molecular formula is C32H48N2O9. The predicted molar refractivity (Wildman–Crippen MR) is 158 cm³/mol. The molecule has 11 nitrogen and oxygen atoms in total. The number of aliphatic hydroxyl groups is 1. The Hall–Kier alpha value is -2.73. The van der Waals surface area contributed by atoms with Crippen molar-refractivity contribution < 1.29 is 43.5 Å². The van der Waals surface area contributed by atoms with Crippen molar-refractivity contribution in [3.8, 4) is 0 Å². The number of nitrogens with zero attached hydrogens (tertiary/aromatic N) is 1. The third-order valence-corrected chi connectivity index (χ3v) is 8.88. The molecule has 0 aromatic heterocycles. The molecule has 43 heavy (non-hydrogen) atoms. The van der Waals surface area contributed by atoms with Gasteiger partial charge in [0.2, 0.25) is 5.91 Å². The number of amides is 2. The molecule has 0 aromatic carbocycles. The molecule has 4 heterocycles. The standard InChI is InChI=1S/C32H48N2O9/c1-20(9-12-27-30(38)32(19-40-32)18-24(43-27)17-29(36)37)8-11-26-21(2)16-25(23(4)42-26)33-28(35)13-10-22(3)41-31(39)34-14-6-5-7-15-34/h8-10,12-13,21-27,30,38H,5-7,11,14-19H2,1-4H3,(H,33,35)(H,36,37)/b12-9+,13-10-,20-8+/t21-,22-,23+,24+,25+,26-,27+,30+,32+/m0/s1. The smallest absolute Gasteiger partial charge is 0.410 e. The van der Waals surface area contributed by atoms with Gasteiger partial charge < -0.3 is 39.4 Å². The van der Waals surface area contributed by atoms with Gasteiger partial charge in [-0.2, -0.15) is 0 Å². The van der Waals surface area contributed by atoms with E-state index in [0.717, 1.165) is 31.3 Å². The highest BCUT2D eigenvalue weighted by atomic mass is 16.6. The van der Waals surface area contributed by atoms with Crippen LogP contribution >= 0.6 is 0 Å². The van der Waals surface area contributed by atoms with Crippen LogP contribution in [-0.2, 0) is 28.5 Å². The third-order valence-electron chi connectivity index (χ3n) is 8.88. The van der Waals surface area contributed by atoms with E-state index < -0.39 is 36.0 Å². The molecule has 240 valence electrons. The number of piperidine rings is 1. The Bertz CT molecular complexity index is 1080. The molecule has 1 spiro atoms. The number of carboxylic acids is 1. The molecule has 2 amide bonds. The number of aliphatic hydroxyl groups excluding tert-OH is 1. The Labute approximate surface area is 254 Å². The summed E-state index contributed by atoms with van der Waals surface area (Å²) in [5.41, 5.74) is 0.271. The molecule has 0 bridgehead atoms. The second-order valence-electron chi connectivity index (χ2n) is 12.6. The van der Waals surface area contributed by atoms with Gasteiger partial charge in [0.25, 0.3) is 0 Å². The van der Waals surface area contributed by atoms with Gasteiger partial charge >= 0.3 is 12.1 Å². The quantitative estimate of drug-likeness (QED) is 0.194. The molecular weight excluding hydrogens is 556 g/mol. The molecule has 4 fully saturated rings. The Morgan fingerprint density at radius 1 is 1.14 bits per heavy atom. The summed E-state index contributed by atoms with van der Waals surface area (Å²) in [6.07, 6.45) is 10.5. The maximum absolute atomic E-state index is 12.6. The summed E-state index contributed by atoms with van der Waals surface area (Å²) in [4.78, 5) is 37.8. The summed E-state index contributed by atoms with van der Waals surface area (Å²) in [5, 5.41) is 22.9. The van der Waals surface area contributed by atoms with E-state index in [1.165, 1.54) is 6.08 Å². The van der Waals surface area contributed by atoms with Crippen molar-refractivity contribution in [1.82, 2.24) is 10.2 Å². The molecule has 0 unspecified atom stereocenters. The fourth-order valence-corrected chi connectivity index (χ4v) is 6.13. The number of hydrogen-bond acceptors (Lipinski definition) is 8. The summed E-state index contributed by atoms with van der Waals surface area (Å²) >= 11 is 0. The molecule has 4 aliphatic heterocycles. The van der Waals surface area contributed by atoms with Crippen LogP contribution in [0.1, 0.15) is 72.6 Å². The van der Waals surface area contributed by atoms with Gasteiger partial charge in [0.1, 0.15) is 23.9 Å². The molecule has 3 N–H and O–H groups in total. The van der Waals surface area contributed by atoms with Crippen molar-refractivity contribution in [1.29, 1.82) is 0 Å². The lowest BCUT2D eigenvalue weighted by Crippen LogP contribution is -2.50. The number of rotatable bonds is 10. The van der Waals surface area contributed by atoms with Gasteiger partial charge in [-0.05, 0) is 64.9 Å². The van der Waals surface area contributed by atoms with E-state index in [9.17, 15) is 19.5 Å². The molecule has 4 aliphatic rings. The Morgan fingerprint density at radius 3 is 2.53 bits per heavy atom. The number of carboxylic acid groups (broad SMARTS) is 1. The maximum atomic E-state index is 12.6. The van der Waals surface area contributed by atoms with E-state index in [4.69, 9.17) is 24.1 Å². The lowest BCUT2D eigenvalue weighted by atomic mass is 9.87. The van der Waals surface area contributed by atoms with Crippen LogP contribution in [0.5, 0.6) is 0 Å². The molecule has 9 atom stereocenters. The number of aliphatic carboxylic acids is 1. The minimum absolute atomic E-state index is 0.0177. The fourth-order valence-electron chi connectivity index (χ4n) is 6.13. The van der Waals surface area contributed by atoms with Gasteiger partial charge in [0.15, 0.2) is 0 Å². The van der Waals surface area contributed by atoms with E-state index in [1.807, 2.05) is 19.9 Å². The average Bonchev–Trinajstić information content (AvgIpc) is 3.74. The Kier molecular flexibility index (Phi) is 11.4. The van der Waals surface area contributed by atoms with E-state index in [2.05, 4.69) is 18.3 Å². The van der Waals surface area contributed by atoms with Crippen LogP contribution in [0, 0.1) is 5.92 Å². The van der Waals surface area contributed by atoms with Crippen LogP contribution in [0.25, 0.3) is 0 Å². The van der Waals surface area contributed by atoms with E-state index in [1.54, 1.807) is 24.0 Å². The van der Waals surface area contributed by atoms with Gasteiger partial charge in [-0.25, -0.2) is 4.79 Å².